The van der Waals surface area contributed by atoms with Crippen LogP contribution < -0.4 is 10.6 Å². The third-order valence-corrected chi connectivity index (χ3v) is 4.54. The van der Waals surface area contributed by atoms with Crippen molar-refractivity contribution in [2.75, 3.05) is 11.9 Å². The van der Waals surface area contributed by atoms with Crippen LogP contribution in [0.25, 0.3) is 0 Å². The SMILES string of the molecule is CCCCCCCC1(C)NC(=O)N(CC(=O)Nc2cccc(F)c2)C1=O. The van der Waals surface area contributed by atoms with Crippen LogP contribution in [0.4, 0.5) is 14.9 Å². The largest absolute Gasteiger partial charge is 0.325 e. The van der Waals surface area contributed by atoms with Crippen LogP contribution in [-0.4, -0.2) is 34.8 Å². The summed E-state index contributed by atoms with van der Waals surface area (Å²) in [7, 11) is 0. The quantitative estimate of drug-likeness (QED) is 0.521. The van der Waals surface area contributed by atoms with E-state index in [9.17, 15) is 18.8 Å². The number of urea groups is 1. The summed E-state index contributed by atoms with van der Waals surface area (Å²) in [6.07, 6.45) is 5.79. The second kappa shape index (κ2) is 8.78. The number of nitrogens with one attached hydrogen (secondary N) is 2. The average molecular weight is 363 g/mol. The number of unbranched alkanes of at least 4 members (excludes halogenated alkanes) is 4. The van der Waals surface area contributed by atoms with Crippen LogP contribution in [0.5, 0.6) is 0 Å². The Morgan fingerprint density at radius 2 is 1.96 bits per heavy atom. The van der Waals surface area contributed by atoms with Gasteiger partial charge in [-0.25, -0.2) is 9.18 Å². The monoisotopic (exact) mass is 363 g/mol. The van der Waals surface area contributed by atoms with Crippen molar-refractivity contribution in [3.05, 3.63) is 30.1 Å². The Kier molecular flexibility index (Phi) is 6.71. The highest BCUT2D eigenvalue weighted by Crippen LogP contribution is 2.24. The molecule has 1 heterocycles. The molecule has 26 heavy (non-hydrogen) atoms. The Hall–Kier alpha value is -2.44. The third-order valence-electron chi connectivity index (χ3n) is 4.54. The number of carbonyl (C=O) groups is 3. The topological polar surface area (TPSA) is 78.5 Å². The number of halogens is 1. The van der Waals surface area contributed by atoms with Gasteiger partial charge in [-0.3, -0.25) is 14.5 Å². The molecule has 1 aliphatic rings. The highest BCUT2D eigenvalue weighted by atomic mass is 19.1. The summed E-state index contributed by atoms with van der Waals surface area (Å²) in [5.74, 6) is -1.42. The van der Waals surface area contributed by atoms with Gasteiger partial charge in [-0.1, -0.05) is 45.1 Å². The smallest absolute Gasteiger partial charge is 0.324 e. The highest BCUT2D eigenvalue weighted by Gasteiger charge is 2.47. The second-order valence-electron chi connectivity index (χ2n) is 6.88. The predicted molar refractivity (Wildman–Crippen MR) is 97.1 cm³/mol. The molecule has 0 aliphatic carbocycles. The zero-order chi connectivity index (χ0) is 19.2. The first-order chi connectivity index (χ1) is 12.4. The molecule has 1 aromatic rings. The van der Waals surface area contributed by atoms with E-state index in [1.54, 1.807) is 6.92 Å². The van der Waals surface area contributed by atoms with Gasteiger partial charge in [-0.15, -0.1) is 0 Å². The lowest BCUT2D eigenvalue weighted by Gasteiger charge is -2.21. The number of hydrogen-bond acceptors (Lipinski definition) is 3. The summed E-state index contributed by atoms with van der Waals surface area (Å²) in [5, 5.41) is 5.19. The number of benzene rings is 1. The molecule has 0 bridgehead atoms. The van der Waals surface area contributed by atoms with Crippen LogP contribution >= 0.6 is 0 Å². The van der Waals surface area contributed by atoms with Crippen molar-refractivity contribution in [2.24, 2.45) is 0 Å². The van der Waals surface area contributed by atoms with Crippen LogP contribution in [0.15, 0.2) is 24.3 Å². The minimum Gasteiger partial charge on any atom is -0.324 e. The molecule has 1 fully saturated rings. The molecule has 142 valence electrons. The van der Waals surface area contributed by atoms with E-state index in [1.807, 2.05) is 0 Å². The highest BCUT2D eigenvalue weighted by molar-refractivity contribution is 6.09. The first-order valence-corrected chi connectivity index (χ1v) is 9.05. The maximum absolute atomic E-state index is 13.2. The number of rotatable bonds is 9. The Morgan fingerprint density at radius 3 is 2.65 bits per heavy atom. The Morgan fingerprint density at radius 1 is 1.23 bits per heavy atom. The molecule has 7 heteroatoms. The first kappa shape index (κ1) is 19.9. The van der Waals surface area contributed by atoms with Gasteiger partial charge in [0.15, 0.2) is 0 Å². The van der Waals surface area contributed by atoms with Crippen LogP contribution in [0.1, 0.15) is 52.4 Å². The summed E-state index contributed by atoms with van der Waals surface area (Å²) in [6.45, 7) is 3.43. The summed E-state index contributed by atoms with van der Waals surface area (Å²) in [5.41, 5.74) is -0.691. The van der Waals surface area contributed by atoms with E-state index in [-0.39, 0.29) is 5.69 Å². The fourth-order valence-electron chi connectivity index (χ4n) is 3.05. The van der Waals surface area contributed by atoms with E-state index in [2.05, 4.69) is 17.6 Å². The van der Waals surface area contributed by atoms with E-state index in [1.165, 1.54) is 24.3 Å². The van der Waals surface area contributed by atoms with Gasteiger partial charge in [0.1, 0.15) is 17.9 Å². The zero-order valence-corrected chi connectivity index (χ0v) is 15.3. The van der Waals surface area contributed by atoms with Gasteiger partial charge in [0, 0.05) is 5.69 Å². The zero-order valence-electron chi connectivity index (χ0n) is 15.3. The minimum atomic E-state index is -0.970. The van der Waals surface area contributed by atoms with Gasteiger partial charge in [0.25, 0.3) is 5.91 Å². The molecular formula is C19H26FN3O3. The third kappa shape index (κ3) is 5.03. The van der Waals surface area contributed by atoms with Gasteiger partial charge in [0.2, 0.25) is 5.91 Å². The van der Waals surface area contributed by atoms with E-state index >= 15 is 0 Å². The van der Waals surface area contributed by atoms with Crippen LogP contribution in [0.3, 0.4) is 0 Å². The maximum Gasteiger partial charge on any atom is 0.325 e. The second-order valence-corrected chi connectivity index (χ2v) is 6.88. The molecule has 2 N–H and O–H groups in total. The van der Waals surface area contributed by atoms with E-state index < -0.39 is 35.7 Å². The van der Waals surface area contributed by atoms with Crippen molar-refractivity contribution in [1.29, 1.82) is 0 Å². The number of anilines is 1. The number of imide groups is 1. The molecule has 1 atom stereocenters. The lowest BCUT2D eigenvalue weighted by atomic mass is 9.94. The van der Waals surface area contributed by atoms with Crippen molar-refractivity contribution >= 4 is 23.5 Å². The van der Waals surface area contributed by atoms with Gasteiger partial charge < -0.3 is 10.6 Å². The molecular weight excluding hydrogens is 337 g/mol. The molecule has 0 radical (unpaired) electrons. The molecule has 6 nitrogen and oxygen atoms in total. The van der Waals surface area contributed by atoms with Crippen molar-refractivity contribution in [2.45, 2.75) is 57.9 Å². The van der Waals surface area contributed by atoms with E-state index in [4.69, 9.17) is 0 Å². The summed E-state index contributed by atoms with van der Waals surface area (Å²) in [6, 6.07) is 4.87. The lowest BCUT2D eigenvalue weighted by Crippen LogP contribution is -2.44. The molecule has 1 aliphatic heterocycles. The molecule has 2 rings (SSSR count). The molecule has 0 saturated carbocycles. The molecule has 4 amide bonds. The Balaban J connectivity index is 1.90. The van der Waals surface area contributed by atoms with E-state index in [0.29, 0.717) is 6.42 Å². The summed E-state index contributed by atoms with van der Waals surface area (Å²) >= 11 is 0. The normalized spacial score (nSPS) is 19.6. The maximum atomic E-state index is 13.2. The van der Waals surface area contributed by atoms with Crippen LogP contribution in [-0.2, 0) is 9.59 Å². The summed E-state index contributed by atoms with van der Waals surface area (Å²) in [4.78, 5) is 37.8. The Bertz CT molecular complexity index is 680. The molecule has 1 saturated heterocycles. The standard InChI is InChI=1S/C19H26FN3O3/c1-3-4-5-6-7-11-19(2)17(25)23(18(26)22-19)13-16(24)21-15-10-8-9-14(20)12-15/h8-10,12H,3-7,11,13H2,1-2H3,(H,21,24)(H,22,26). The fourth-order valence-corrected chi connectivity index (χ4v) is 3.05. The van der Waals surface area contributed by atoms with Crippen molar-refractivity contribution in [3.8, 4) is 0 Å². The molecule has 0 aromatic heterocycles. The first-order valence-electron chi connectivity index (χ1n) is 9.05. The fraction of sp³-hybridized carbons (Fsp3) is 0.526. The predicted octanol–water partition coefficient (Wildman–Crippen LogP) is 3.44. The lowest BCUT2D eigenvalue weighted by molar-refractivity contribution is -0.133. The molecule has 1 aromatic carbocycles. The van der Waals surface area contributed by atoms with E-state index in [0.717, 1.165) is 37.0 Å². The Labute approximate surface area is 153 Å². The van der Waals surface area contributed by atoms with Crippen molar-refractivity contribution in [1.82, 2.24) is 10.2 Å². The number of carbonyl (C=O) groups excluding carboxylic acids is 3. The van der Waals surface area contributed by atoms with Gasteiger partial charge >= 0.3 is 6.03 Å². The van der Waals surface area contributed by atoms with Gasteiger partial charge in [-0.2, -0.15) is 0 Å². The van der Waals surface area contributed by atoms with Crippen molar-refractivity contribution < 1.29 is 18.8 Å². The average Bonchev–Trinajstić information content (AvgIpc) is 2.78. The van der Waals surface area contributed by atoms with Crippen LogP contribution in [0, 0.1) is 5.82 Å². The summed E-state index contributed by atoms with van der Waals surface area (Å²) < 4.78 is 13.2. The number of hydrogen-bond donors (Lipinski definition) is 2. The van der Waals surface area contributed by atoms with Gasteiger partial charge in [-0.05, 0) is 31.5 Å². The molecule has 0 spiro atoms. The van der Waals surface area contributed by atoms with Crippen molar-refractivity contribution in [3.63, 3.8) is 0 Å². The van der Waals surface area contributed by atoms with Gasteiger partial charge in [0.05, 0.1) is 0 Å². The minimum absolute atomic E-state index is 0.278. The number of amides is 4. The molecule has 1 unspecified atom stereocenters. The van der Waals surface area contributed by atoms with Crippen LogP contribution in [0.2, 0.25) is 0 Å². The number of nitrogens with zero attached hydrogens (tertiary/aromatic N) is 1.